The summed E-state index contributed by atoms with van der Waals surface area (Å²) in [4.78, 5) is 30.6. The number of nitrogens with zero attached hydrogens (tertiary/aromatic N) is 2. The predicted octanol–water partition coefficient (Wildman–Crippen LogP) is 4.57. The van der Waals surface area contributed by atoms with Gasteiger partial charge in [0.05, 0.1) is 13.7 Å². The summed E-state index contributed by atoms with van der Waals surface area (Å²) >= 11 is 0. The van der Waals surface area contributed by atoms with Crippen LogP contribution in [0.4, 0.5) is 0 Å². The van der Waals surface area contributed by atoms with Crippen LogP contribution in [0, 0.1) is 5.92 Å². The molecule has 0 aromatic heterocycles. The van der Waals surface area contributed by atoms with Gasteiger partial charge in [0, 0.05) is 12.6 Å². The molecule has 0 N–H and O–H groups in total. The van der Waals surface area contributed by atoms with Crippen LogP contribution >= 0.6 is 0 Å². The number of unbranched alkanes of at least 4 members (excludes halogenated alkanes) is 1. The van der Waals surface area contributed by atoms with Crippen molar-refractivity contribution in [1.82, 2.24) is 9.80 Å². The monoisotopic (exact) mass is 430 g/mol. The molecule has 1 aliphatic heterocycles. The summed E-state index contributed by atoms with van der Waals surface area (Å²) in [5.74, 6) is 2.05. The number of carbonyl (C=O) groups excluding carboxylic acids is 2. The summed E-state index contributed by atoms with van der Waals surface area (Å²) in [7, 11) is 1.61. The summed E-state index contributed by atoms with van der Waals surface area (Å²) in [6.45, 7) is 7.82. The maximum absolute atomic E-state index is 13.7. The second kappa shape index (κ2) is 10.9. The number of ether oxygens (including phenoxy) is 2. The normalized spacial score (nSPS) is 24.5. The first-order chi connectivity index (χ1) is 15.0. The van der Waals surface area contributed by atoms with Gasteiger partial charge in [0.1, 0.15) is 12.6 Å². The number of amides is 2. The van der Waals surface area contributed by atoms with E-state index in [9.17, 15) is 9.59 Å². The van der Waals surface area contributed by atoms with Crippen molar-refractivity contribution in [3.05, 3.63) is 23.8 Å². The molecule has 0 radical (unpaired) electrons. The molecule has 2 aliphatic rings. The van der Waals surface area contributed by atoms with E-state index in [2.05, 4.69) is 20.8 Å². The van der Waals surface area contributed by atoms with Gasteiger partial charge in [-0.15, -0.1) is 0 Å². The average Bonchev–Trinajstić information content (AvgIpc) is 2.78. The van der Waals surface area contributed by atoms with Crippen LogP contribution in [0.25, 0.3) is 0 Å². The topological polar surface area (TPSA) is 59.1 Å². The molecule has 1 saturated carbocycles. The molecule has 1 unspecified atom stereocenters. The van der Waals surface area contributed by atoms with E-state index in [0.29, 0.717) is 30.6 Å². The van der Waals surface area contributed by atoms with Crippen molar-refractivity contribution in [2.24, 2.45) is 5.92 Å². The van der Waals surface area contributed by atoms with Crippen LogP contribution < -0.4 is 9.47 Å². The molecule has 1 heterocycles. The van der Waals surface area contributed by atoms with Crippen molar-refractivity contribution in [3.8, 4) is 11.5 Å². The molecule has 1 atom stereocenters. The molecule has 1 saturated heterocycles. The summed E-state index contributed by atoms with van der Waals surface area (Å²) in [5.41, 5.74) is 0.795. The van der Waals surface area contributed by atoms with E-state index in [-0.39, 0.29) is 24.4 Å². The van der Waals surface area contributed by atoms with Gasteiger partial charge in [0.25, 0.3) is 5.91 Å². The molecular formula is C25H38N2O4. The van der Waals surface area contributed by atoms with Gasteiger partial charge in [-0.3, -0.25) is 9.59 Å². The lowest BCUT2D eigenvalue weighted by Gasteiger charge is -2.45. The Hall–Kier alpha value is -2.24. The van der Waals surface area contributed by atoms with Crippen LogP contribution in [0.15, 0.2) is 18.2 Å². The van der Waals surface area contributed by atoms with Gasteiger partial charge in [0.2, 0.25) is 5.91 Å². The Balaban J connectivity index is 1.91. The highest BCUT2D eigenvalue weighted by atomic mass is 16.5. The summed E-state index contributed by atoms with van der Waals surface area (Å²) in [5, 5.41) is 0. The fourth-order valence-corrected chi connectivity index (χ4v) is 4.70. The highest BCUT2D eigenvalue weighted by Gasteiger charge is 2.43. The third kappa shape index (κ3) is 5.34. The Morgan fingerprint density at radius 2 is 1.77 bits per heavy atom. The van der Waals surface area contributed by atoms with E-state index in [1.54, 1.807) is 12.0 Å². The number of hydrogen-bond donors (Lipinski definition) is 0. The third-order valence-corrected chi connectivity index (χ3v) is 6.60. The van der Waals surface area contributed by atoms with Gasteiger partial charge in [0.15, 0.2) is 11.5 Å². The van der Waals surface area contributed by atoms with Crippen LogP contribution in [-0.4, -0.2) is 54.5 Å². The lowest BCUT2D eigenvalue weighted by Crippen LogP contribution is -2.58. The molecule has 1 aliphatic carbocycles. The first kappa shape index (κ1) is 23.4. The van der Waals surface area contributed by atoms with Gasteiger partial charge in [-0.05, 0) is 62.1 Å². The van der Waals surface area contributed by atoms with Crippen LogP contribution in [0.5, 0.6) is 11.5 Å². The summed E-state index contributed by atoms with van der Waals surface area (Å²) in [6, 6.07) is 5.21. The number of hydrogen-bond acceptors (Lipinski definition) is 4. The van der Waals surface area contributed by atoms with Crippen LogP contribution in [0.2, 0.25) is 0 Å². The zero-order valence-corrected chi connectivity index (χ0v) is 19.6. The summed E-state index contributed by atoms with van der Waals surface area (Å²) in [6.07, 6.45) is 6.95. The highest BCUT2D eigenvalue weighted by Crippen LogP contribution is 2.37. The highest BCUT2D eigenvalue weighted by molar-refractivity contribution is 5.96. The van der Waals surface area contributed by atoms with Crippen molar-refractivity contribution in [2.45, 2.75) is 77.8 Å². The number of carbonyl (C=O) groups is 2. The van der Waals surface area contributed by atoms with Gasteiger partial charge in [-0.2, -0.15) is 0 Å². The average molecular weight is 431 g/mol. The Morgan fingerprint density at radius 1 is 1.03 bits per heavy atom. The van der Waals surface area contributed by atoms with Crippen LogP contribution in [0.3, 0.4) is 0 Å². The minimum absolute atomic E-state index is 0.0412. The molecule has 1 aromatic carbocycles. The molecule has 172 valence electrons. The lowest BCUT2D eigenvalue weighted by atomic mass is 9.85. The molecule has 6 heteroatoms. The van der Waals surface area contributed by atoms with E-state index >= 15 is 0 Å². The second-order valence-electron chi connectivity index (χ2n) is 8.98. The van der Waals surface area contributed by atoms with Gasteiger partial charge in [-0.1, -0.05) is 33.3 Å². The van der Waals surface area contributed by atoms with Crippen molar-refractivity contribution in [3.63, 3.8) is 0 Å². The van der Waals surface area contributed by atoms with Gasteiger partial charge >= 0.3 is 0 Å². The van der Waals surface area contributed by atoms with Crippen molar-refractivity contribution in [2.75, 3.05) is 26.8 Å². The largest absolute Gasteiger partial charge is 0.493 e. The zero-order chi connectivity index (χ0) is 22.4. The van der Waals surface area contributed by atoms with E-state index in [4.69, 9.17) is 9.47 Å². The molecule has 2 amide bonds. The first-order valence-corrected chi connectivity index (χ1v) is 11.9. The van der Waals surface area contributed by atoms with Crippen LogP contribution in [-0.2, 0) is 9.59 Å². The molecule has 0 bridgehead atoms. The SMILES string of the molecule is CCCCN1C(=O)CN(C2CCC(C)CC2)C(=O)C1c1ccc(OCCC)c(OC)c1. The van der Waals surface area contributed by atoms with Crippen molar-refractivity contribution >= 4 is 11.8 Å². The summed E-state index contributed by atoms with van der Waals surface area (Å²) < 4.78 is 11.3. The molecule has 31 heavy (non-hydrogen) atoms. The zero-order valence-electron chi connectivity index (χ0n) is 19.6. The van der Waals surface area contributed by atoms with Crippen LogP contribution in [0.1, 0.15) is 77.3 Å². The molecular weight excluding hydrogens is 392 g/mol. The second-order valence-corrected chi connectivity index (χ2v) is 8.98. The minimum Gasteiger partial charge on any atom is -0.493 e. The van der Waals surface area contributed by atoms with E-state index in [0.717, 1.165) is 50.5 Å². The molecule has 1 aromatic rings. The maximum atomic E-state index is 13.7. The van der Waals surface area contributed by atoms with Gasteiger partial charge in [-0.25, -0.2) is 0 Å². The number of benzene rings is 1. The molecule has 2 fully saturated rings. The molecule has 3 rings (SSSR count). The fourth-order valence-electron chi connectivity index (χ4n) is 4.70. The Kier molecular flexibility index (Phi) is 8.22. The van der Waals surface area contributed by atoms with Gasteiger partial charge < -0.3 is 19.3 Å². The van der Waals surface area contributed by atoms with Crippen molar-refractivity contribution < 1.29 is 19.1 Å². The smallest absolute Gasteiger partial charge is 0.250 e. The fraction of sp³-hybridized carbons (Fsp3) is 0.680. The Labute approximate surface area is 186 Å². The third-order valence-electron chi connectivity index (χ3n) is 6.60. The number of methoxy groups -OCH3 is 1. The molecule has 6 nitrogen and oxygen atoms in total. The Morgan fingerprint density at radius 3 is 2.42 bits per heavy atom. The quantitative estimate of drug-likeness (QED) is 0.576. The van der Waals surface area contributed by atoms with E-state index < -0.39 is 6.04 Å². The number of rotatable bonds is 9. The number of piperazine rings is 1. The van der Waals surface area contributed by atoms with E-state index in [1.165, 1.54) is 0 Å². The Bertz CT molecular complexity index is 758. The van der Waals surface area contributed by atoms with Crippen molar-refractivity contribution in [1.29, 1.82) is 0 Å². The maximum Gasteiger partial charge on any atom is 0.250 e. The van der Waals surface area contributed by atoms with E-state index in [1.807, 2.05) is 23.1 Å². The predicted molar refractivity (Wildman–Crippen MR) is 121 cm³/mol. The minimum atomic E-state index is -0.596. The lowest BCUT2D eigenvalue weighted by molar-refractivity contribution is -0.159. The molecule has 0 spiro atoms. The first-order valence-electron chi connectivity index (χ1n) is 11.9. The standard InChI is InChI=1S/C25H38N2O4/c1-5-7-14-26-23(28)17-27(20-11-8-18(3)9-12-20)25(29)24(26)19-10-13-21(31-15-6-2)22(16-19)30-4/h10,13,16,18,20,24H,5-9,11-12,14-15,17H2,1-4H3.